The smallest absolute Gasteiger partial charge is 0.169 e. The van der Waals surface area contributed by atoms with Gasteiger partial charge in [0.1, 0.15) is 0 Å². The minimum atomic E-state index is -0.640. The highest BCUT2D eigenvalue weighted by atomic mass is 16.1. The Morgan fingerprint density at radius 2 is 1.61 bits per heavy atom. The molecule has 1 aliphatic carbocycles. The summed E-state index contributed by atoms with van der Waals surface area (Å²) >= 11 is 0. The zero-order valence-corrected chi connectivity index (χ0v) is 16.1. The Morgan fingerprint density at radius 1 is 0.929 bits per heavy atom. The third-order valence-electron chi connectivity index (χ3n) is 5.13. The van der Waals surface area contributed by atoms with Gasteiger partial charge >= 0.3 is 0 Å². The van der Waals surface area contributed by atoms with Crippen LogP contribution in [-0.2, 0) is 16.1 Å². The third-order valence-corrected chi connectivity index (χ3v) is 5.13. The summed E-state index contributed by atoms with van der Waals surface area (Å²) in [6.45, 7) is 4.38. The van der Waals surface area contributed by atoms with Crippen molar-refractivity contribution in [2.75, 3.05) is 0 Å². The van der Waals surface area contributed by atoms with E-state index in [1.165, 1.54) is 11.6 Å². The zero-order valence-electron chi connectivity index (χ0n) is 16.1. The lowest BCUT2D eigenvalue weighted by Gasteiger charge is -2.27. The van der Waals surface area contributed by atoms with E-state index in [0.717, 1.165) is 23.2 Å². The molecule has 140 valence electrons. The highest BCUT2D eigenvalue weighted by molar-refractivity contribution is 6.30. The van der Waals surface area contributed by atoms with Crippen molar-refractivity contribution in [1.82, 2.24) is 9.78 Å². The van der Waals surface area contributed by atoms with Gasteiger partial charge in [-0.1, -0.05) is 68.4 Å². The van der Waals surface area contributed by atoms with Crippen LogP contribution in [0.4, 0.5) is 0 Å². The van der Waals surface area contributed by atoms with E-state index >= 15 is 0 Å². The van der Waals surface area contributed by atoms with Gasteiger partial charge in [0.2, 0.25) is 0 Å². The number of aromatic nitrogens is 2. The first-order chi connectivity index (χ1) is 13.4. The maximum Gasteiger partial charge on any atom is 0.169 e. The Morgan fingerprint density at radius 3 is 2.32 bits per heavy atom. The summed E-state index contributed by atoms with van der Waals surface area (Å²) in [6, 6.07) is 17.9. The van der Waals surface area contributed by atoms with Gasteiger partial charge in [-0.25, -0.2) is 0 Å². The number of benzene rings is 2. The predicted octanol–water partition coefficient (Wildman–Crippen LogP) is 4.55. The zero-order chi connectivity index (χ0) is 19.7. The van der Waals surface area contributed by atoms with Gasteiger partial charge in [0.05, 0.1) is 12.7 Å². The number of carbonyl (C=O) groups is 2. The summed E-state index contributed by atoms with van der Waals surface area (Å²) in [6.07, 6.45) is 5.61. The molecule has 0 radical (unpaired) electrons. The van der Waals surface area contributed by atoms with E-state index in [-0.39, 0.29) is 18.0 Å². The molecule has 4 rings (SSSR count). The van der Waals surface area contributed by atoms with Gasteiger partial charge in [0.25, 0.3) is 0 Å². The number of ketones is 2. The molecule has 0 fully saturated rings. The van der Waals surface area contributed by atoms with Crippen LogP contribution in [0.15, 0.2) is 73.1 Å². The first kappa shape index (κ1) is 18.1. The van der Waals surface area contributed by atoms with Gasteiger partial charge in [-0.3, -0.25) is 14.3 Å². The molecule has 0 aliphatic heterocycles. The second kappa shape index (κ2) is 7.04. The number of nitrogens with zero attached hydrogens (tertiary/aromatic N) is 2. The average Bonchev–Trinajstić information content (AvgIpc) is 3.14. The molecular formula is C24H22N2O2. The van der Waals surface area contributed by atoms with E-state index in [4.69, 9.17) is 0 Å². The van der Waals surface area contributed by atoms with Crippen molar-refractivity contribution in [1.29, 1.82) is 0 Å². The Bertz CT molecular complexity index is 1060. The molecule has 0 N–H and O–H groups in total. The van der Waals surface area contributed by atoms with Crippen LogP contribution in [0.1, 0.15) is 31.4 Å². The number of hydrogen-bond acceptors (Lipinski definition) is 3. The fourth-order valence-electron chi connectivity index (χ4n) is 3.58. The minimum Gasteiger partial charge on any atom is -0.295 e. The first-order valence-electron chi connectivity index (χ1n) is 9.39. The van der Waals surface area contributed by atoms with Gasteiger partial charge in [0.15, 0.2) is 11.6 Å². The fraction of sp³-hybridized carbons (Fsp3) is 0.208. The maximum absolute atomic E-state index is 12.7. The van der Waals surface area contributed by atoms with Crippen LogP contribution < -0.4 is 0 Å². The normalized spacial score (nSPS) is 16.1. The monoisotopic (exact) mass is 370 g/mol. The van der Waals surface area contributed by atoms with Crippen LogP contribution in [-0.4, -0.2) is 21.3 Å². The highest BCUT2D eigenvalue weighted by Crippen LogP contribution is 2.35. The molecule has 0 atom stereocenters. The molecule has 2 aromatic carbocycles. The van der Waals surface area contributed by atoms with E-state index in [1.54, 1.807) is 0 Å². The number of carbonyl (C=O) groups excluding carboxylic acids is 2. The Labute approximate surface area is 164 Å². The van der Waals surface area contributed by atoms with Crippen LogP contribution in [0.25, 0.3) is 16.7 Å². The number of hydrogen-bond donors (Lipinski definition) is 0. The number of Topliss-reactive ketones (excluding diaryl/α,β-unsaturated/α-hetero) is 1. The first-order valence-corrected chi connectivity index (χ1v) is 9.39. The average molecular weight is 370 g/mol. The van der Waals surface area contributed by atoms with E-state index in [9.17, 15) is 9.59 Å². The topological polar surface area (TPSA) is 52.0 Å². The molecule has 1 heterocycles. The Balaban J connectivity index is 1.56. The molecule has 0 saturated heterocycles. The third kappa shape index (κ3) is 3.58. The van der Waals surface area contributed by atoms with Gasteiger partial charge in [-0.15, -0.1) is 0 Å². The molecule has 1 aromatic heterocycles. The molecule has 1 aliphatic rings. The SMILES string of the molecule is CC1(C)CC(=O)C=C(c2ccc(-c3cnn(Cc4ccccc4)c3)cc2)C1=O. The fourth-order valence-corrected chi connectivity index (χ4v) is 3.58. The number of rotatable bonds is 4. The highest BCUT2D eigenvalue weighted by Gasteiger charge is 2.36. The summed E-state index contributed by atoms with van der Waals surface area (Å²) in [4.78, 5) is 24.7. The molecule has 0 saturated carbocycles. The van der Waals surface area contributed by atoms with Crippen molar-refractivity contribution in [2.45, 2.75) is 26.8 Å². The summed E-state index contributed by atoms with van der Waals surface area (Å²) in [5.74, 6) is 0.0291. The molecule has 0 spiro atoms. The second-order valence-corrected chi connectivity index (χ2v) is 7.90. The van der Waals surface area contributed by atoms with Gasteiger partial charge in [-0.05, 0) is 22.8 Å². The Kier molecular flexibility index (Phi) is 4.55. The maximum atomic E-state index is 12.7. The molecular weight excluding hydrogens is 348 g/mol. The van der Waals surface area contributed by atoms with Crippen molar-refractivity contribution in [3.05, 3.63) is 84.2 Å². The second-order valence-electron chi connectivity index (χ2n) is 7.90. The molecule has 0 amide bonds. The molecule has 4 heteroatoms. The van der Waals surface area contributed by atoms with Crippen molar-refractivity contribution < 1.29 is 9.59 Å². The van der Waals surface area contributed by atoms with Crippen LogP contribution in [0, 0.1) is 5.41 Å². The largest absolute Gasteiger partial charge is 0.295 e. The summed E-state index contributed by atoms with van der Waals surface area (Å²) < 4.78 is 1.91. The van der Waals surface area contributed by atoms with Crippen LogP contribution in [0.2, 0.25) is 0 Å². The van der Waals surface area contributed by atoms with Gasteiger partial charge in [-0.2, -0.15) is 5.10 Å². The molecule has 0 unspecified atom stereocenters. The number of allylic oxidation sites excluding steroid dienone is 2. The van der Waals surface area contributed by atoms with Crippen LogP contribution in [0.5, 0.6) is 0 Å². The summed E-state index contributed by atoms with van der Waals surface area (Å²) in [7, 11) is 0. The lowest BCUT2D eigenvalue weighted by Crippen LogP contribution is -2.31. The van der Waals surface area contributed by atoms with E-state index in [0.29, 0.717) is 5.57 Å². The van der Waals surface area contributed by atoms with Crippen molar-refractivity contribution in [3.8, 4) is 11.1 Å². The summed E-state index contributed by atoms with van der Waals surface area (Å²) in [5, 5.41) is 4.45. The lowest BCUT2D eigenvalue weighted by molar-refractivity contribution is -0.127. The quantitative estimate of drug-likeness (QED) is 0.677. The molecule has 28 heavy (non-hydrogen) atoms. The van der Waals surface area contributed by atoms with Crippen molar-refractivity contribution >= 4 is 17.1 Å². The van der Waals surface area contributed by atoms with Gasteiger partial charge < -0.3 is 0 Å². The van der Waals surface area contributed by atoms with Gasteiger partial charge in [0, 0.05) is 29.2 Å². The van der Waals surface area contributed by atoms with E-state index < -0.39 is 5.41 Å². The molecule has 4 nitrogen and oxygen atoms in total. The molecule has 0 bridgehead atoms. The Hall–Kier alpha value is -3.27. The molecule has 3 aromatic rings. The van der Waals surface area contributed by atoms with E-state index in [2.05, 4.69) is 17.2 Å². The van der Waals surface area contributed by atoms with Crippen molar-refractivity contribution in [3.63, 3.8) is 0 Å². The van der Waals surface area contributed by atoms with E-state index in [1.807, 2.05) is 73.4 Å². The lowest BCUT2D eigenvalue weighted by atomic mass is 9.74. The van der Waals surface area contributed by atoms with Crippen LogP contribution >= 0.6 is 0 Å². The van der Waals surface area contributed by atoms with Crippen molar-refractivity contribution in [2.24, 2.45) is 5.41 Å². The van der Waals surface area contributed by atoms with Crippen LogP contribution in [0.3, 0.4) is 0 Å². The predicted molar refractivity (Wildman–Crippen MR) is 110 cm³/mol. The minimum absolute atomic E-state index is 0.00543. The summed E-state index contributed by atoms with van der Waals surface area (Å²) in [5.41, 5.74) is 3.89. The standard InChI is InChI=1S/C24H22N2O2/c1-24(2)13-21(27)12-22(23(24)28)19-10-8-18(9-11-19)20-14-25-26(16-20)15-17-6-4-3-5-7-17/h3-12,14,16H,13,15H2,1-2H3.